The van der Waals surface area contributed by atoms with E-state index in [4.69, 9.17) is 9.15 Å². The molecule has 4 aromatic rings. The van der Waals surface area contributed by atoms with Gasteiger partial charge in [-0.2, -0.15) is 0 Å². The summed E-state index contributed by atoms with van der Waals surface area (Å²) in [5.41, 5.74) is 1.90. The highest BCUT2D eigenvalue weighted by Crippen LogP contribution is 2.20. The van der Waals surface area contributed by atoms with Gasteiger partial charge < -0.3 is 14.5 Å². The summed E-state index contributed by atoms with van der Waals surface area (Å²) in [5, 5.41) is 5.07. The second-order valence-corrected chi connectivity index (χ2v) is 6.38. The third-order valence-corrected chi connectivity index (χ3v) is 4.29. The second kappa shape index (κ2) is 7.38. The lowest BCUT2D eigenvalue weighted by atomic mass is 10.1. The summed E-state index contributed by atoms with van der Waals surface area (Å²) in [7, 11) is 0. The Morgan fingerprint density at radius 3 is 2.52 bits per heavy atom. The van der Waals surface area contributed by atoms with E-state index in [1.165, 1.54) is 5.56 Å². The van der Waals surface area contributed by atoms with Crippen LogP contribution in [0.3, 0.4) is 0 Å². The summed E-state index contributed by atoms with van der Waals surface area (Å²) < 4.78 is 11.3. The Labute approximate surface area is 157 Å². The van der Waals surface area contributed by atoms with E-state index in [1.54, 1.807) is 12.1 Å². The highest BCUT2D eigenvalue weighted by atomic mass is 16.5. The van der Waals surface area contributed by atoms with E-state index in [9.17, 15) is 4.79 Å². The fraction of sp³-hybridized carbons (Fsp3) is 0.0870. The van der Waals surface area contributed by atoms with Crippen LogP contribution in [0.5, 0.6) is 5.75 Å². The van der Waals surface area contributed by atoms with Gasteiger partial charge in [-0.05, 0) is 54.1 Å². The van der Waals surface area contributed by atoms with Gasteiger partial charge in [0.25, 0.3) is 5.91 Å². The molecule has 4 rings (SSSR count). The SMILES string of the molecule is Cc1ccc(OCc2ccc(C(=O)Nc3ccc4ccccc4c3)o2)cc1. The lowest BCUT2D eigenvalue weighted by Gasteiger charge is -2.06. The summed E-state index contributed by atoms with van der Waals surface area (Å²) >= 11 is 0. The van der Waals surface area contributed by atoms with Gasteiger partial charge in [0, 0.05) is 5.69 Å². The molecule has 0 aliphatic carbocycles. The predicted octanol–water partition coefficient (Wildman–Crippen LogP) is 5.57. The first-order valence-corrected chi connectivity index (χ1v) is 8.76. The van der Waals surface area contributed by atoms with Crippen LogP contribution in [0.2, 0.25) is 0 Å². The second-order valence-electron chi connectivity index (χ2n) is 6.38. The first-order chi connectivity index (χ1) is 13.2. The summed E-state index contributed by atoms with van der Waals surface area (Å²) in [6.45, 7) is 2.29. The first kappa shape index (κ1) is 16.9. The van der Waals surface area contributed by atoms with Crippen LogP contribution in [0.25, 0.3) is 10.8 Å². The molecule has 0 aliphatic heterocycles. The number of hydrogen-bond donors (Lipinski definition) is 1. The van der Waals surface area contributed by atoms with Crippen LogP contribution in [0.4, 0.5) is 5.69 Å². The number of carbonyl (C=O) groups is 1. The largest absolute Gasteiger partial charge is 0.486 e. The number of amides is 1. The molecule has 1 N–H and O–H groups in total. The van der Waals surface area contributed by atoms with Crippen molar-refractivity contribution in [2.75, 3.05) is 5.32 Å². The van der Waals surface area contributed by atoms with Gasteiger partial charge in [0.2, 0.25) is 0 Å². The molecular formula is C23H19NO3. The maximum atomic E-state index is 12.4. The van der Waals surface area contributed by atoms with Crippen LogP contribution in [-0.4, -0.2) is 5.91 Å². The normalized spacial score (nSPS) is 10.7. The molecule has 27 heavy (non-hydrogen) atoms. The van der Waals surface area contributed by atoms with Gasteiger partial charge in [0.15, 0.2) is 5.76 Å². The maximum Gasteiger partial charge on any atom is 0.291 e. The van der Waals surface area contributed by atoms with Crippen LogP contribution in [0.1, 0.15) is 21.9 Å². The quantitative estimate of drug-likeness (QED) is 0.508. The third-order valence-electron chi connectivity index (χ3n) is 4.29. The Morgan fingerprint density at radius 1 is 0.926 bits per heavy atom. The average Bonchev–Trinajstić information content (AvgIpc) is 3.17. The fourth-order valence-electron chi connectivity index (χ4n) is 2.83. The van der Waals surface area contributed by atoms with Crippen LogP contribution in [0.15, 0.2) is 83.3 Å². The number of rotatable bonds is 5. The van der Waals surface area contributed by atoms with Crippen LogP contribution >= 0.6 is 0 Å². The lowest BCUT2D eigenvalue weighted by Crippen LogP contribution is -2.10. The maximum absolute atomic E-state index is 12.4. The molecule has 134 valence electrons. The van der Waals surface area contributed by atoms with Crippen LogP contribution in [-0.2, 0) is 6.61 Å². The minimum Gasteiger partial charge on any atom is -0.486 e. The molecule has 0 bridgehead atoms. The molecular weight excluding hydrogens is 338 g/mol. The number of nitrogens with one attached hydrogen (secondary N) is 1. The van der Waals surface area contributed by atoms with Crippen molar-refractivity contribution >= 4 is 22.4 Å². The zero-order valence-electron chi connectivity index (χ0n) is 14.9. The van der Waals surface area contributed by atoms with E-state index in [2.05, 4.69) is 5.32 Å². The van der Waals surface area contributed by atoms with Crippen molar-refractivity contribution < 1.29 is 13.9 Å². The monoisotopic (exact) mass is 357 g/mol. The zero-order valence-corrected chi connectivity index (χ0v) is 14.9. The number of aryl methyl sites for hydroxylation is 1. The molecule has 0 aliphatic rings. The minimum absolute atomic E-state index is 0.255. The fourth-order valence-corrected chi connectivity index (χ4v) is 2.83. The Balaban J connectivity index is 1.40. The highest BCUT2D eigenvalue weighted by molar-refractivity contribution is 6.03. The molecule has 1 heterocycles. The molecule has 0 spiro atoms. The molecule has 0 saturated carbocycles. The van der Waals surface area contributed by atoms with E-state index >= 15 is 0 Å². The molecule has 1 amide bonds. The van der Waals surface area contributed by atoms with Crippen molar-refractivity contribution in [1.29, 1.82) is 0 Å². The van der Waals surface area contributed by atoms with Crippen molar-refractivity contribution in [3.8, 4) is 5.75 Å². The topological polar surface area (TPSA) is 51.5 Å². The van der Waals surface area contributed by atoms with Crippen molar-refractivity contribution in [3.63, 3.8) is 0 Å². The van der Waals surface area contributed by atoms with Gasteiger partial charge in [0.05, 0.1) is 0 Å². The lowest BCUT2D eigenvalue weighted by molar-refractivity contribution is 0.0992. The van der Waals surface area contributed by atoms with E-state index < -0.39 is 0 Å². The third kappa shape index (κ3) is 4.01. The number of benzene rings is 3. The molecule has 0 unspecified atom stereocenters. The average molecular weight is 357 g/mol. The summed E-state index contributed by atoms with van der Waals surface area (Å²) in [4.78, 5) is 12.4. The van der Waals surface area contributed by atoms with Gasteiger partial charge in [-0.15, -0.1) is 0 Å². The van der Waals surface area contributed by atoms with Gasteiger partial charge in [-0.25, -0.2) is 0 Å². The number of hydrogen-bond acceptors (Lipinski definition) is 3. The van der Waals surface area contributed by atoms with E-state index in [1.807, 2.05) is 73.7 Å². The van der Waals surface area contributed by atoms with Crippen molar-refractivity contribution in [2.24, 2.45) is 0 Å². The van der Waals surface area contributed by atoms with Crippen LogP contribution < -0.4 is 10.1 Å². The van der Waals surface area contributed by atoms with Gasteiger partial charge >= 0.3 is 0 Å². The Kier molecular flexibility index (Phi) is 4.62. The molecule has 1 aromatic heterocycles. The standard InChI is InChI=1S/C23H19NO3/c1-16-6-10-20(11-7-16)26-15-21-12-13-22(27-21)23(25)24-19-9-8-17-4-2-3-5-18(17)14-19/h2-14H,15H2,1H3,(H,24,25). The smallest absolute Gasteiger partial charge is 0.291 e. The molecule has 3 aromatic carbocycles. The Morgan fingerprint density at radius 2 is 1.70 bits per heavy atom. The van der Waals surface area contributed by atoms with E-state index in [-0.39, 0.29) is 18.3 Å². The predicted molar refractivity (Wildman–Crippen MR) is 106 cm³/mol. The number of anilines is 1. The Hall–Kier alpha value is -3.53. The van der Waals surface area contributed by atoms with Crippen molar-refractivity contribution in [1.82, 2.24) is 0 Å². The van der Waals surface area contributed by atoms with Gasteiger partial charge in [-0.1, -0.05) is 48.0 Å². The zero-order chi connectivity index (χ0) is 18.6. The Bertz CT molecular complexity index is 1080. The molecule has 4 heteroatoms. The summed E-state index contributed by atoms with van der Waals surface area (Å²) in [6.07, 6.45) is 0. The van der Waals surface area contributed by atoms with Gasteiger partial charge in [0.1, 0.15) is 18.1 Å². The number of ether oxygens (including phenoxy) is 1. The highest BCUT2D eigenvalue weighted by Gasteiger charge is 2.12. The number of fused-ring (bicyclic) bond motifs is 1. The molecule has 4 nitrogen and oxygen atoms in total. The summed E-state index contributed by atoms with van der Waals surface area (Å²) in [5.74, 6) is 1.33. The van der Waals surface area contributed by atoms with Gasteiger partial charge in [-0.3, -0.25) is 4.79 Å². The molecule has 0 atom stereocenters. The van der Waals surface area contributed by atoms with Crippen molar-refractivity contribution in [2.45, 2.75) is 13.5 Å². The molecule has 0 radical (unpaired) electrons. The van der Waals surface area contributed by atoms with E-state index in [0.717, 1.165) is 22.2 Å². The number of carbonyl (C=O) groups excluding carboxylic acids is 1. The molecule has 0 saturated heterocycles. The van der Waals surface area contributed by atoms with Crippen molar-refractivity contribution in [3.05, 3.63) is 95.9 Å². The number of furan rings is 1. The first-order valence-electron chi connectivity index (χ1n) is 8.76. The van der Waals surface area contributed by atoms with E-state index in [0.29, 0.717) is 5.76 Å². The summed E-state index contributed by atoms with van der Waals surface area (Å²) in [6, 6.07) is 25.0. The molecule has 0 fully saturated rings. The minimum atomic E-state index is -0.285. The van der Waals surface area contributed by atoms with Crippen LogP contribution in [0, 0.1) is 6.92 Å².